The van der Waals surface area contributed by atoms with E-state index in [1.807, 2.05) is 39.0 Å². The summed E-state index contributed by atoms with van der Waals surface area (Å²) in [6.07, 6.45) is 1.74. The van der Waals surface area contributed by atoms with Crippen LogP contribution in [0.25, 0.3) is 0 Å². The molecule has 0 spiro atoms. The van der Waals surface area contributed by atoms with Gasteiger partial charge in [0.15, 0.2) is 0 Å². The molecule has 18 heavy (non-hydrogen) atoms. The largest absolute Gasteiger partial charge is 0.348 e. The molecule has 2 N–H and O–H groups in total. The number of hydrogen-bond acceptors (Lipinski definition) is 2. The van der Waals surface area contributed by atoms with E-state index < -0.39 is 0 Å². The number of aryl methyl sites for hydroxylation is 3. The van der Waals surface area contributed by atoms with Crippen LogP contribution in [-0.4, -0.2) is 16.1 Å². The minimum atomic E-state index is -0.0359. The first kappa shape index (κ1) is 12.4. The van der Waals surface area contributed by atoms with Crippen molar-refractivity contribution < 1.29 is 4.79 Å². The number of aromatic amines is 1. The maximum Gasteiger partial charge on any atom is 0.252 e. The molecule has 0 unspecified atom stereocenters. The molecule has 0 aliphatic heterocycles. The second-order valence-corrected chi connectivity index (χ2v) is 4.47. The van der Waals surface area contributed by atoms with Crippen LogP contribution in [0.2, 0.25) is 0 Å². The zero-order valence-electron chi connectivity index (χ0n) is 10.9. The Morgan fingerprint density at radius 3 is 2.50 bits per heavy atom. The van der Waals surface area contributed by atoms with Gasteiger partial charge in [0.25, 0.3) is 5.91 Å². The number of nitrogens with zero attached hydrogens (tertiary/aromatic N) is 1. The Labute approximate surface area is 106 Å². The molecule has 0 saturated carbocycles. The van der Waals surface area contributed by atoms with Crippen LogP contribution in [0, 0.1) is 20.8 Å². The molecule has 0 radical (unpaired) electrons. The van der Waals surface area contributed by atoms with Gasteiger partial charge in [0, 0.05) is 23.4 Å². The monoisotopic (exact) mass is 243 g/mol. The minimum absolute atomic E-state index is 0.0359. The molecule has 2 aromatic rings. The van der Waals surface area contributed by atoms with Crippen molar-refractivity contribution in [2.24, 2.45) is 0 Å². The molecule has 0 fully saturated rings. The zero-order valence-corrected chi connectivity index (χ0v) is 10.9. The average molecular weight is 243 g/mol. The standard InChI is InChI=1S/C14H17N3O/c1-9-5-4-6-10(2)13(9)14(18)15-7-12-8-16-17-11(12)3/h4-6,8H,7H2,1-3H3,(H,15,18)(H,16,17). The average Bonchev–Trinajstić information content (AvgIpc) is 2.72. The van der Waals surface area contributed by atoms with Crippen LogP contribution < -0.4 is 5.32 Å². The minimum Gasteiger partial charge on any atom is -0.348 e. The van der Waals surface area contributed by atoms with Gasteiger partial charge < -0.3 is 5.32 Å². The van der Waals surface area contributed by atoms with Gasteiger partial charge in [-0.25, -0.2) is 0 Å². The van der Waals surface area contributed by atoms with Gasteiger partial charge in [-0.2, -0.15) is 5.10 Å². The summed E-state index contributed by atoms with van der Waals surface area (Å²) in [6.45, 7) is 6.33. The molecular weight excluding hydrogens is 226 g/mol. The molecule has 0 aliphatic carbocycles. The molecule has 1 aromatic carbocycles. The number of amides is 1. The molecule has 4 nitrogen and oxygen atoms in total. The normalized spacial score (nSPS) is 10.4. The fourth-order valence-electron chi connectivity index (χ4n) is 1.99. The lowest BCUT2D eigenvalue weighted by Crippen LogP contribution is -2.24. The Hall–Kier alpha value is -2.10. The van der Waals surface area contributed by atoms with Crippen molar-refractivity contribution >= 4 is 5.91 Å². The third-order valence-corrected chi connectivity index (χ3v) is 3.08. The van der Waals surface area contributed by atoms with Crippen molar-refractivity contribution in [3.05, 3.63) is 52.3 Å². The van der Waals surface area contributed by atoms with Crippen molar-refractivity contribution in [3.63, 3.8) is 0 Å². The number of H-pyrrole nitrogens is 1. The predicted molar refractivity (Wildman–Crippen MR) is 70.4 cm³/mol. The van der Waals surface area contributed by atoms with Crippen LogP contribution in [0.3, 0.4) is 0 Å². The summed E-state index contributed by atoms with van der Waals surface area (Å²) in [5.41, 5.74) is 4.75. The summed E-state index contributed by atoms with van der Waals surface area (Å²) in [4.78, 5) is 12.2. The van der Waals surface area contributed by atoms with E-state index in [-0.39, 0.29) is 5.91 Å². The maximum atomic E-state index is 12.2. The highest BCUT2D eigenvalue weighted by Crippen LogP contribution is 2.13. The Bertz CT molecular complexity index is 552. The van der Waals surface area contributed by atoms with Gasteiger partial charge in [0.05, 0.1) is 6.20 Å². The van der Waals surface area contributed by atoms with Gasteiger partial charge in [-0.05, 0) is 31.9 Å². The SMILES string of the molecule is Cc1cccc(C)c1C(=O)NCc1cn[nH]c1C. The van der Waals surface area contributed by atoms with Gasteiger partial charge in [-0.1, -0.05) is 18.2 Å². The predicted octanol–water partition coefficient (Wildman–Crippen LogP) is 2.26. The molecule has 0 atom stereocenters. The van der Waals surface area contributed by atoms with E-state index >= 15 is 0 Å². The molecule has 0 bridgehead atoms. The second kappa shape index (κ2) is 5.04. The van der Waals surface area contributed by atoms with E-state index in [4.69, 9.17) is 0 Å². The van der Waals surface area contributed by atoms with Crippen LogP contribution in [-0.2, 0) is 6.54 Å². The highest BCUT2D eigenvalue weighted by atomic mass is 16.1. The van der Waals surface area contributed by atoms with Crippen molar-refractivity contribution in [3.8, 4) is 0 Å². The van der Waals surface area contributed by atoms with Gasteiger partial charge in [-0.3, -0.25) is 9.89 Å². The molecule has 2 rings (SSSR count). The Morgan fingerprint density at radius 2 is 1.94 bits per heavy atom. The zero-order chi connectivity index (χ0) is 13.1. The molecule has 0 aliphatic rings. The molecular formula is C14H17N3O. The van der Waals surface area contributed by atoms with E-state index in [2.05, 4.69) is 15.5 Å². The smallest absolute Gasteiger partial charge is 0.252 e. The topological polar surface area (TPSA) is 57.8 Å². The molecule has 1 aromatic heterocycles. The number of nitrogens with one attached hydrogen (secondary N) is 2. The van der Waals surface area contributed by atoms with E-state index in [9.17, 15) is 4.79 Å². The summed E-state index contributed by atoms with van der Waals surface area (Å²) in [5.74, 6) is -0.0359. The molecule has 0 saturated heterocycles. The van der Waals surface area contributed by atoms with Crippen LogP contribution in [0.4, 0.5) is 0 Å². The number of carbonyl (C=O) groups excluding carboxylic acids is 1. The molecule has 94 valence electrons. The highest BCUT2D eigenvalue weighted by molar-refractivity contribution is 5.96. The van der Waals surface area contributed by atoms with Crippen molar-refractivity contribution in [1.82, 2.24) is 15.5 Å². The van der Waals surface area contributed by atoms with E-state index in [1.54, 1.807) is 6.20 Å². The number of rotatable bonds is 3. The summed E-state index contributed by atoms with van der Waals surface area (Å²) >= 11 is 0. The van der Waals surface area contributed by atoms with Crippen molar-refractivity contribution in [2.45, 2.75) is 27.3 Å². The van der Waals surface area contributed by atoms with E-state index in [0.717, 1.165) is 27.9 Å². The molecule has 1 heterocycles. The number of carbonyl (C=O) groups is 1. The summed E-state index contributed by atoms with van der Waals surface area (Å²) in [5, 5.41) is 9.71. The molecule has 1 amide bonds. The number of benzene rings is 1. The maximum absolute atomic E-state index is 12.2. The second-order valence-electron chi connectivity index (χ2n) is 4.47. The van der Waals surface area contributed by atoms with E-state index in [0.29, 0.717) is 6.54 Å². The van der Waals surface area contributed by atoms with Crippen LogP contribution in [0.15, 0.2) is 24.4 Å². The Balaban J connectivity index is 2.11. The summed E-state index contributed by atoms with van der Waals surface area (Å²) < 4.78 is 0. The first-order chi connectivity index (χ1) is 8.59. The van der Waals surface area contributed by atoms with Crippen molar-refractivity contribution in [2.75, 3.05) is 0 Å². The lowest BCUT2D eigenvalue weighted by Gasteiger charge is -2.10. The lowest BCUT2D eigenvalue weighted by molar-refractivity contribution is 0.0949. The van der Waals surface area contributed by atoms with E-state index in [1.165, 1.54) is 0 Å². The van der Waals surface area contributed by atoms with Gasteiger partial charge in [0.1, 0.15) is 0 Å². The van der Waals surface area contributed by atoms with Crippen LogP contribution in [0.1, 0.15) is 32.7 Å². The van der Waals surface area contributed by atoms with Gasteiger partial charge in [-0.15, -0.1) is 0 Å². The quantitative estimate of drug-likeness (QED) is 0.868. The first-order valence-corrected chi connectivity index (χ1v) is 5.93. The lowest BCUT2D eigenvalue weighted by atomic mass is 10.0. The van der Waals surface area contributed by atoms with Gasteiger partial charge in [0.2, 0.25) is 0 Å². The van der Waals surface area contributed by atoms with Crippen molar-refractivity contribution in [1.29, 1.82) is 0 Å². The fourth-order valence-corrected chi connectivity index (χ4v) is 1.99. The van der Waals surface area contributed by atoms with Crippen LogP contribution >= 0.6 is 0 Å². The summed E-state index contributed by atoms with van der Waals surface area (Å²) in [7, 11) is 0. The number of hydrogen-bond donors (Lipinski definition) is 2. The Morgan fingerprint density at radius 1 is 1.28 bits per heavy atom. The number of aromatic nitrogens is 2. The third kappa shape index (κ3) is 2.42. The highest BCUT2D eigenvalue weighted by Gasteiger charge is 2.11. The fraction of sp³-hybridized carbons (Fsp3) is 0.286. The molecule has 4 heteroatoms. The summed E-state index contributed by atoms with van der Waals surface area (Å²) in [6, 6.07) is 5.86. The third-order valence-electron chi connectivity index (χ3n) is 3.08. The first-order valence-electron chi connectivity index (χ1n) is 5.93. The Kier molecular flexibility index (Phi) is 3.46. The van der Waals surface area contributed by atoms with Crippen LogP contribution in [0.5, 0.6) is 0 Å². The van der Waals surface area contributed by atoms with Gasteiger partial charge >= 0.3 is 0 Å².